The van der Waals surface area contributed by atoms with Gasteiger partial charge in [0.25, 0.3) is 0 Å². The first kappa shape index (κ1) is 13.8. The van der Waals surface area contributed by atoms with E-state index in [1.54, 1.807) is 0 Å². The van der Waals surface area contributed by atoms with Crippen LogP contribution < -0.4 is 5.32 Å². The summed E-state index contributed by atoms with van der Waals surface area (Å²) in [7, 11) is 0. The van der Waals surface area contributed by atoms with Crippen molar-refractivity contribution < 1.29 is 18.0 Å². The third-order valence-electron chi connectivity index (χ3n) is 2.06. The highest BCUT2D eigenvalue weighted by Gasteiger charge is 2.53. The molecule has 0 aromatic heterocycles. The fourth-order valence-corrected chi connectivity index (χ4v) is 0.605. The summed E-state index contributed by atoms with van der Waals surface area (Å²) in [5, 5.41) is 2.16. The summed E-state index contributed by atoms with van der Waals surface area (Å²) in [4.78, 5) is 11.4. The van der Waals surface area contributed by atoms with Crippen LogP contribution >= 0.6 is 0 Å². The lowest BCUT2D eigenvalue weighted by molar-refractivity contribution is -0.211. The van der Waals surface area contributed by atoms with Gasteiger partial charge in [-0.3, -0.25) is 4.79 Å². The molecule has 0 aromatic carbocycles. The van der Waals surface area contributed by atoms with E-state index in [0.717, 1.165) is 13.8 Å². The minimum Gasteiger partial charge on any atom is -0.340 e. The molecule has 5 heteroatoms. The van der Waals surface area contributed by atoms with Gasteiger partial charge in [0, 0.05) is 0 Å². The molecule has 1 N–H and O–H groups in total. The molecule has 0 bridgehead atoms. The maximum Gasteiger partial charge on any atom is 0.402 e. The maximum atomic E-state index is 12.5. The summed E-state index contributed by atoms with van der Waals surface area (Å²) in [5.74, 6) is 1.07. The van der Waals surface area contributed by atoms with Gasteiger partial charge in [0.2, 0.25) is 5.91 Å². The molecule has 0 saturated heterocycles. The van der Waals surface area contributed by atoms with E-state index in [4.69, 9.17) is 6.42 Å². The molecule has 0 atom stereocenters. The van der Waals surface area contributed by atoms with E-state index in [9.17, 15) is 18.0 Å². The highest BCUT2D eigenvalue weighted by Crippen LogP contribution is 2.37. The molecule has 15 heavy (non-hydrogen) atoms. The van der Waals surface area contributed by atoms with E-state index in [2.05, 4.69) is 11.2 Å². The molecule has 0 radical (unpaired) electrons. The van der Waals surface area contributed by atoms with Crippen LogP contribution in [0.4, 0.5) is 13.2 Å². The number of carbonyl (C=O) groups is 1. The molecule has 1 amide bonds. The van der Waals surface area contributed by atoms with Gasteiger partial charge < -0.3 is 5.32 Å². The summed E-state index contributed by atoms with van der Waals surface area (Å²) in [6.45, 7) is 4.54. The van der Waals surface area contributed by atoms with Gasteiger partial charge in [-0.2, -0.15) is 13.2 Å². The van der Waals surface area contributed by atoms with Gasteiger partial charge in [-0.1, -0.05) is 5.92 Å². The molecular formula is C10H14F3NO. The van der Waals surface area contributed by atoms with Gasteiger partial charge in [-0.05, 0) is 27.7 Å². The monoisotopic (exact) mass is 221 g/mol. The standard InChI is InChI=1S/C10H14F3NO/c1-6-8(2,3)14-7(15)9(4,5)10(11,12)13/h1H,2-5H3,(H,14,15). The van der Waals surface area contributed by atoms with Crippen molar-refractivity contribution in [3.63, 3.8) is 0 Å². The molecule has 0 saturated carbocycles. The number of terminal acetylenes is 1. The number of carbonyl (C=O) groups excluding carboxylic acids is 1. The normalized spacial score (nSPS) is 13.2. The number of rotatable bonds is 2. The quantitative estimate of drug-likeness (QED) is 0.711. The van der Waals surface area contributed by atoms with Crippen LogP contribution in [0.5, 0.6) is 0 Å². The van der Waals surface area contributed by atoms with Gasteiger partial charge in [-0.15, -0.1) is 6.42 Å². The van der Waals surface area contributed by atoms with E-state index in [0.29, 0.717) is 0 Å². The molecule has 2 nitrogen and oxygen atoms in total. The van der Waals surface area contributed by atoms with Crippen LogP contribution in [-0.4, -0.2) is 17.6 Å². The summed E-state index contributed by atoms with van der Waals surface area (Å²) in [5.41, 5.74) is -3.53. The second kappa shape index (κ2) is 3.76. The molecule has 0 aliphatic carbocycles. The smallest absolute Gasteiger partial charge is 0.340 e. The van der Waals surface area contributed by atoms with Crippen molar-refractivity contribution in [3.8, 4) is 12.3 Å². The number of halogens is 3. The Morgan fingerprint density at radius 3 is 1.87 bits per heavy atom. The zero-order chi connectivity index (χ0) is 12.5. The largest absolute Gasteiger partial charge is 0.402 e. The first-order valence-electron chi connectivity index (χ1n) is 4.31. The predicted octanol–water partition coefficient (Wildman–Crippen LogP) is 2.10. The Morgan fingerprint density at radius 2 is 1.60 bits per heavy atom. The summed E-state index contributed by atoms with van der Waals surface area (Å²) < 4.78 is 37.4. The van der Waals surface area contributed by atoms with Crippen LogP contribution in [0.15, 0.2) is 0 Å². The van der Waals surface area contributed by atoms with Crippen molar-refractivity contribution in [1.82, 2.24) is 5.32 Å². The third kappa shape index (κ3) is 3.15. The molecule has 0 fully saturated rings. The van der Waals surface area contributed by atoms with E-state index in [-0.39, 0.29) is 0 Å². The van der Waals surface area contributed by atoms with Crippen molar-refractivity contribution in [2.24, 2.45) is 5.41 Å². The minimum atomic E-state index is -4.60. The Hall–Kier alpha value is -1.18. The van der Waals surface area contributed by atoms with E-state index in [1.807, 2.05) is 0 Å². The Labute approximate surface area is 87.2 Å². The van der Waals surface area contributed by atoms with Gasteiger partial charge in [-0.25, -0.2) is 0 Å². The van der Waals surface area contributed by atoms with Crippen LogP contribution in [0, 0.1) is 17.8 Å². The Kier molecular flexibility index (Phi) is 3.47. The topological polar surface area (TPSA) is 29.1 Å². The molecule has 0 aliphatic rings. The first-order chi connectivity index (χ1) is 6.44. The van der Waals surface area contributed by atoms with Crippen LogP contribution in [0.25, 0.3) is 0 Å². The van der Waals surface area contributed by atoms with Gasteiger partial charge in [0.1, 0.15) is 5.41 Å². The zero-order valence-corrected chi connectivity index (χ0v) is 9.12. The average molecular weight is 221 g/mol. The molecular weight excluding hydrogens is 207 g/mol. The average Bonchev–Trinajstić information content (AvgIpc) is 2.01. The lowest BCUT2D eigenvalue weighted by Crippen LogP contribution is -2.53. The number of nitrogens with one attached hydrogen (secondary N) is 1. The Morgan fingerprint density at radius 1 is 1.20 bits per heavy atom. The second-order valence-electron chi connectivity index (χ2n) is 4.35. The maximum absolute atomic E-state index is 12.5. The molecule has 0 aliphatic heterocycles. The van der Waals surface area contributed by atoms with E-state index in [1.165, 1.54) is 13.8 Å². The predicted molar refractivity (Wildman–Crippen MR) is 50.9 cm³/mol. The van der Waals surface area contributed by atoms with E-state index >= 15 is 0 Å². The number of amides is 1. The number of alkyl halides is 3. The Bertz CT molecular complexity index is 297. The third-order valence-corrected chi connectivity index (χ3v) is 2.06. The van der Waals surface area contributed by atoms with Gasteiger partial charge >= 0.3 is 6.18 Å². The second-order valence-corrected chi connectivity index (χ2v) is 4.35. The Balaban J connectivity index is 4.84. The summed E-state index contributed by atoms with van der Waals surface area (Å²) in [6.07, 6.45) is 0.465. The van der Waals surface area contributed by atoms with Crippen LogP contribution in [0.1, 0.15) is 27.7 Å². The van der Waals surface area contributed by atoms with Gasteiger partial charge in [0.05, 0.1) is 5.54 Å². The molecule has 0 heterocycles. The van der Waals surface area contributed by atoms with E-state index < -0.39 is 23.0 Å². The summed E-state index contributed by atoms with van der Waals surface area (Å²) >= 11 is 0. The fourth-order valence-electron chi connectivity index (χ4n) is 0.605. The fraction of sp³-hybridized carbons (Fsp3) is 0.700. The van der Waals surface area contributed by atoms with Gasteiger partial charge in [0.15, 0.2) is 0 Å². The highest BCUT2D eigenvalue weighted by atomic mass is 19.4. The lowest BCUT2D eigenvalue weighted by Gasteiger charge is -2.30. The minimum absolute atomic E-state index is 0.814. The van der Waals surface area contributed by atoms with Crippen molar-refractivity contribution >= 4 is 5.91 Å². The lowest BCUT2D eigenvalue weighted by atomic mass is 9.90. The summed E-state index contributed by atoms with van der Waals surface area (Å²) in [6, 6.07) is 0. The SMILES string of the molecule is C#CC(C)(C)NC(=O)C(C)(C)C(F)(F)F. The molecule has 0 aromatic rings. The molecule has 0 unspecified atom stereocenters. The highest BCUT2D eigenvalue weighted by molar-refractivity contribution is 5.83. The number of hydrogen-bond donors (Lipinski definition) is 1. The van der Waals surface area contributed by atoms with Crippen LogP contribution in [0.3, 0.4) is 0 Å². The van der Waals surface area contributed by atoms with Crippen LogP contribution in [0.2, 0.25) is 0 Å². The van der Waals surface area contributed by atoms with Crippen molar-refractivity contribution in [3.05, 3.63) is 0 Å². The first-order valence-corrected chi connectivity index (χ1v) is 4.31. The number of hydrogen-bond acceptors (Lipinski definition) is 1. The van der Waals surface area contributed by atoms with Crippen LogP contribution in [-0.2, 0) is 4.79 Å². The zero-order valence-electron chi connectivity index (χ0n) is 9.12. The molecule has 0 rings (SSSR count). The molecule has 0 spiro atoms. The van der Waals surface area contributed by atoms with Crippen molar-refractivity contribution in [2.75, 3.05) is 0 Å². The van der Waals surface area contributed by atoms with Crippen molar-refractivity contribution in [2.45, 2.75) is 39.4 Å². The molecule has 86 valence electrons. The van der Waals surface area contributed by atoms with Crippen molar-refractivity contribution in [1.29, 1.82) is 0 Å².